The predicted molar refractivity (Wildman–Crippen MR) is 85.6 cm³/mol. The Balaban J connectivity index is 1.66. The Morgan fingerprint density at radius 3 is 2.96 bits per heavy atom. The summed E-state index contributed by atoms with van der Waals surface area (Å²) in [5.41, 5.74) is 0.392. The molecule has 0 radical (unpaired) electrons. The zero-order valence-electron chi connectivity index (χ0n) is 14.0. The molecule has 1 aromatic carbocycles. The Morgan fingerprint density at radius 1 is 1.44 bits per heavy atom. The van der Waals surface area contributed by atoms with Gasteiger partial charge in [-0.1, -0.05) is 12.1 Å². The summed E-state index contributed by atoms with van der Waals surface area (Å²) in [6.45, 7) is 4.51. The summed E-state index contributed by atoms with van der Waals surface area (Å²) in [4.78, 5) is 14.3. The van der Waals surface area contributed by atoms with Gasteiger partial charge in [-0.25, -0.2) is 0 Å². The molecular weight excluding hydrogens is 324 g/mol. The van der Waals surface area contributed by atoms with Gasteiger partial charge >= 0.3 is 0 Å². The molecule has 1 saturated heterocycles. The van der Waals surface area contributed by atoms with E-state index in [1.807, 2.05) is 0 Å². The van der Waals surface area contributed by atoms with Crippen LogP contribution >= 0.6 is 0 Å². The maximum Gasteiger partial charge on any atom is 0.263 e. The summed E-state index contributed by atoms with van der Waals surface area (Å²) in [7, 11) is 0. The Morgan fingerprint density at radius 2 is 2.24 bits per heavy atom. The van der Waals surface area contributed by atoms with E-state index in [0.717, 1.165) is 0 Å². The van der Waals surface area contributed by atoms with Crippen molar-refractivity contribution in [2.45, 2.75) is 26.1 Å². The van der Waals surface area contributed by atoms with E-state index in [1.54, 1.807) is 43.0 Å². The number of hydrogen-bond acceptors (Lipinski definition) is 7. The summed E-state index contributed by atoms with van der Waals surface area (Å²) in [6.07, 6.45) is -1.17. The van der Waals surface area contributed by atoms with Crippen molar-refractivity contribution in [1.29, 1.82) is 5.26 Å². The van der Waals surface area contributed by atoms with E-state index < -0.39 is 12.2 Å². The molecular formula is C17H18N4O4. The predicted octanol–water partition coefficient (Wildman–Crippen LogP) is 1.62. The lowest BCUT2D eigenvalue weighted by atomic mass is 10.2. The van der Waals surface area contributed by atoms with Crippen LogP contribution in [-0.2, 0) is 9.53 Å². The Labute approximate surface area is 145 Å². The minimum absolute atomic E-state index is 0.183. The fourth-order valence-corrected chi connectivity index (χ4v) is 2.60. The van der Waals surface area contributed by atoms with E-state index in [0.29, 0.717) is 42.8 Å². The molecule has 3 rings (SSSR count). The van der Waals surface area contributed by atoms with Gasteiger partial charge < -0.3 is 18.8 Å². The first-order valence-electron chi connectivity index (χ1n) is 7.94. The third-order valence-corrected chi connectivity index (χ3v) is 3.85. The molecule has 2 aromatic rings. The van der Waals surface area contributed by atoms with Crippen LogP contribution in [0.3, 0.4) is 0 Å². The largest absolute Gasteiger partial charge is 0.480 e. The van der Waals surface area contributed by atoms with E-state index in [1.165, 1.54) is 0 Å². The topological polar surface area (TPSA) is 101 Å². The lowest BCUT2D eigenvalue weighted by Crippen LogP contribution is -2.47. The first kappa shape index (κ1) is 16.9. The van der Waals surface area contributed by atoms with Gasteiger partial charge in [0.15, 0.2) is 12.2 Å². The first-order valence-corrected chi connectivity index (χ1v) is 7.94. The summed E-state index contributed by atoms with van der Waals surface area (Å²) in [5, 5.41) is 16.9. The molecule has 0 aliphatic carbocycles. The normalized spacial score (nSPS) is 18.4. The number of aromatic nitrogens is 2. The van der Waals surface area contributed by atoms with Crippen molar-refractivity contribution in [3.05, 3.63) is 41.6 Å². The number of aryl methyl sites for hydroxylation is 1. The molecule has 8 heteroatoms. The van der Waals surface area contributed by atoms with Crippen LogP contribution < -0.4 is 4.74 Å². The zero-order chi connectivity index (χ0) is 17.8. The molecule has 0 saturated carbocycles. The minimum atomic E-state index is -0.724. The van der Waals surface area contributed by atoms with Gasteiger partial charge in [-0.15, -0.1) is 10.2 Å². The Kier molecular flexibility index (Phi) is 4.95. The highest BCUT2D eigenvalue weighted by Crippen LogP contribution is 2.23. The number of amides is 1. The van der Waals surface area contributed by atoms with Gasteiger partial charge in [-0.05, 0) is 19.1 Å². The lowest BCUT2D eigenvalue weighted by molar-refractivity contribution is -0.146. The summed E-state index contributed by atoms with van der Waals surface area (Å²) >= 11 is 0. The van der Waals surface area contributed by atoms with Crippen LogP contribution in [0.1, 0.15) is 30.4 Å². The Bertz CT molecular complexity index is 798. The second-order valence-corrected chi connectivity index (χ2v) is 5.67. The number of carbonyl (C=O) groups excluding carboxylic acids is 1. The van der Waals surface area contributed by atoms with Gasteiger partial charge in [0.05, 0.1) is 18.7 Å². The van der Waals surface area contributed by atoms with Gasteiger partial charge in [-0.3, -0.25) is 4.79 Å². The number of hydrogen-bond donors (Lipinski definition) is 0. The average Bonchev–Trinajstić information content (AvgIpc) is 3.08. The fourth-order valence-electron chi connectivity index (χ4n) is 2.60. The van der Waals surface area contributed by atoms with Crippen LogP contribution in [0.2, 0.25) is 0 Å². The molecule has 8 nitrogen and oxygen atoms in total. The third kappa shape index (κ3) is 3.78. The number of carbonyl (C=O) groups is 1. The third-order valence-electron chi connectivity index (χ3n) is 3.85. The molecule has 1 aromatic heterocycles. The van der Waals surface area contributed by atoms with Gasteiger partial charge in [-0.2, -0.15) is 5.26 Å². The molecule has 130 valence electrons. The molecule has 0 unspecified atom stereocenters. The molecule has 0 bridgehead atoms. The van der Waals surface area contributed by atoms with Crippen molar-refractivity contribution in [3.63, 3.8) is 0 Å². The number of rotatable bonds is 4. The van der Waals surface area contributed by atoms with Gasteiger partial charge in [0.25, 0.3) is 5.91 Å². The van der Waals surface area contributed by atoms with Crippen molar-refractivity contribution >= 4 is 5.91 Å². The van der Waals surface area contributed by atoms with Crippen LogP contribution in [0.25, 0.3) is 0 Å². The SMILES string of the molecule is Cc1nnc([C@@H]2CN(C(=O)[C@H](C)Oc3ccccc3C#N)CCO2)o1. The van der Waals surface area contributed by atoms with Crippen LogP contribution in [-0.4, -0.2) is 46.8 Å². The maximum absolute atomic E-state index is 12.7. The molecule has 1 amide bonds. The quantitative estimate of drug-likeness (QED) is 0.832. The number of benzene rings is 1. The molecule has 0 spiro atoms. The second-order valence-electron chi connectivity index (χ2n) is 5.67. The van der Waals surface area contributed by atoms with Crippen molar-refractivity contribution in [2.24, 2.45) is 0 Å². The van der Waals surface area contributed by atoms with E-state index in [-0.39, 0.29) is 5.91 Å². The molecule has 1 fully saturated rings. The van der Waals surface area contributed by atoms with Crippen LogP contribution in [0, 0.1) is 18.3 Å². The summed E-state index contributed by atoms with van der Waals surface area (Å²) in [6, 6.07) is 8.88. The molecule has 1 aliphatic rings. The number of ether oxygens (including phenoxy) is 2. The lowest BCUT2D eigenvalue weighted by Gasteiger charge is -2.33. The summed E-state index contributed by atoms with van der Waals surface area (Å²) < 4.78 is 16.7. The number of nitriles is 1. The number of morpholine rings is 1. The van der Waals surface area contributed by atoms with Gasteiger partial charge in [0.1, 0.15) is 11.8 Å². The van der Waals surface area contributed by atoms with Crippen molar-refractivity contribution < 1.29 is 18.7 Å². The second kappa shape index (κ2) is 7.32. The molecule has 0 N–H and O–H groups in total. The van der Waals surface area contributed by atoms with Crippen molar-refractivity contribution in [2.75, 3.05) is 19.7 Å². The van der Waals surface area contributed by atoms with Crippen LogP contribution in [0.4, 0.5) is 0 Å². The molecule has 2 heterocycles. The maximum atomic E-state index is 12.7. The number of nitrogens with zero attached hydrogens (tertiary/aromatic N) is 4. The van der Waals surface area contributed by atoms with Crippen LogP contribution in [0.15, 0.2) is 28.7 Å². The monoisotopic (exact) mass is 342 g/mol. The minimum Gasteiger partial charge on any atom is -0.480 e. The molecule has 1 aliphatic heterocycles. The highest BCUT2D eigenvalue weighted by molar-refractivity contribution is 5.81. The van der Waals surface area contributed by atoms with Crippen LogP contribution in [0.5, 0.6) is 5.75 Å². The van der Waals surface area contributed by atoms with E-state index in [9.17, 15) is 4.79 Å². The zero-order valence-corrected chi connectivity index (χ0v) is 14.0. The average molecular weight is 342 g/mol. The highest BCUT2D eigenvalue weighted by Gasteiger charge is 2.31. The molecule has 2 atom stereocenters. The van der Waals surface area contributed by atoms with Crippen molar-refractivity contribution in [3.8, 4) is 11.8 Å². The van der Waals surface area contributed by atoms with E-state index in [2.05, 4.69) is 16.3 Å². The highest BCUT2D eigenvalue weighted by atomic mass is 16.5. The first-order chi connectivity index (χ1) is 12.1. The van der Waals surface area contributed by atoms with Gasteiger partial charge in [0, 0.05) is 13.5 Å². The molecule has 25 heavy (non-hydrogen) atoms. The van der Waals surface area contributed by atoms with E-state index in [4.69, 9.17) is 19.2 Å². The Hall–Kier alpha value is -2.92. The smallest absolute Gasteiger partial charge is 0.263 e. The number of para-hydroxylation sites is 1. The van der Waals surface area contributed by atoms with E-state index >= 15 is 0 Å². The standard InChI is InChI=1S/C17H18N4O4/c1-11(24-14-6-4-3-5-13(14)9-18)17(22)21-7-8-23-15(10-21)16-20-19-12(2)25-16/h3-6,11,15H,7-8,10H2,1-2H3/t11-,15-/m0/s1. The fraction of sp³-hybridized carbons (Fsp3) is 0.412. The summed E-state index contributed by atoms with van der Waals surface area (Å²) in [5.74, 6) is 1.02. The van der Waals surface area contributed by atoms with Crippen molar-refractivity contribution in [1.82, 2.24) is 15.1 Å². The van der Waals surface area contributed by atoms with Gasteiger partial charge in [0.2, 0.25) is 11.8 Å².